The Kier molecular flexibility index (Phi) is 2.48. The Morgan fingerprint density at radius 1 is 1.05 bits per heavy atom. The van der Waals surface area contributed by atoms with Crippen molar-refractivity contribution in [2.45, 2.75) is 18.9 Å². The van der Waals surface area contributed by atoms with E-state index in [4.69, 9.17) is 4.98 Å². The van der Waals surface area contributed by atoms with Gasteiger partial charge in [-0.1, -0.05) is 18.2 Å². The van der Waals surface area contributed by atoms with Gasteiger partial charge in [0.2, 0.25) is 0 Å². The zero-order valence-electron chi connectivity index (χ0n) is 10.3. The van der Waals surface area contributed by atoms with Gasteiger partial charge >= 0.3 is 0 Å². The first-order chi connectivity index (χ1) is 9.40. The fourth-order valence-electron chi connectivity index (χ4n) is 2.12. The van der Waals surface area contributed by atoms with Crippen LogP contribution in [-0.2, 0) is 0 Å². The Labute approximate surface area is 115 Å². The first-order valence-corrected chi connectivity index (χ1v) is 7.35. The molecule has 19 heavy (non-hydrogen) atoms. The number of rotatable bonds is 3. The summed E-state index contributed by atoms with van der Waals surface area (Å²) in [5, 5.41) is 6.68. The Bertz CT molecular complexity index is 717. The van der Waals surface area contributed by atoms with Crippen molar-refractivity contribution in [2.24, 2.45) is 0 Å². The van der Waals surface area contributed by atoms with Gasteiger partial charge in [-0.05, 0) is 36.4 Å². The van der Waals surface area contributed by atoms with Gasteiger partial charge in [-0.15, -0.1) is 11.3 Å². The first-order valence-electron chi connectivity index (χ1n) is 6.47. The van der Waals surface area contributed by atoms with E-state index in [1.54, 1.807) is 11.3 Å². The molecule has 3 aromatic rings. The van der Waals surface area contributed by atoms with Crippen LogP contribution in [0.1, 0.15) is 12.8 Å². The highest BCUT2D eigenvalue weighted by Crippen LogP contribution is 2.30. The van der Waals surface area contributed by atoms with Crippen LogP contribution < -0.4 is 5.32 Å². The van der Waals surface area contributed by atoms with Crippen molar-refractivity contribution < 1.29 is 0 Å². The summed E-state index contributed by atoms with van der Waals surface area (Å²) >= 11 is 1.68. The van der Waals surface area contributed by atoms with Crippen LogP contribution in [0.25, 0.3) is 21.6 Å². The molecule has 1 N–H and O–H groups in total. The molecule has 1 saturated carbocycles. The van der Waals surface area contributed by atoms with Gasteiger partial charge in [-0.3, -0.25) is 0 Å². The Balaban J connectivity index is 1.90. The number of hydrogen-bond donors (Lipinski definition) is 1. The molecular formula is C15H13N3S. The van der Waals surface area contributed by atoms with Gasteiger partial charge < -0.3 is 5.32 Å². The average Bonchev–Trinajstić information content (AvgIpc) is 3.08. The van der Waals surface area contributed by atoms with E-state index in [0.717, 1.165) is 27.4 Å². The predicted molar refractivity (Wildman–Crippen MR) is 79.5 cm³/mol. The van der Waals surface area contributed by atoms with Crippen molar-refractivity contribution in [3.63, 3.8) is 0 Å². The van der Waals surface area contributed by atoms with Gasteiger partial charge in [0.1, 0.15) is 5.82 Å². The van der Waals surface area contributed by atoms with E-state index < -0.39 is 0 Å². The van der Waals surface area contributed by atoms with Crippen LogP contribution in [0.15, 0.2) is 41.8 Å². The minimum absolute atomic E-state index is 0.592. The molecule has 0 unspecified atom stereocenters. The van der Waals surface area contributed by atoms with Crippen LogP contribution in [0.4, 0.5) is 5.82 Å². The van der Waals surface area contributed by atoms with E-state index in [9.17, 15) is 0 Å². The monoisotopic (exact) mass is 267 g/mol. The lowest BCUT2D eigenvalue weighted by Crippen LogP contribution is -2.05. The fourth-order valence-corrected chi connectivity index (χ4v) is 2.78. The summed E-state index contributed by atoms with van der Waals surface area (Å²) in [6.07, 6.45) is 2.49. The van der Waals surface area contributed by atoms with Crippen molar-refractivity contribution in [1.29, 1.82) is 0 Å². The third-order valence-corrected chi connectivity index (χ3v) is 4.13. The smallest absolute Gasteiger partial charge is 0.172 e. The van der Waals surface area contributed by atoms with E-state index in [-0.39, 0.29) is 0 Å². The molecule has 2 heterocycles. The summed E-state index contributed by atoms with van der Waals surface area (Å²) in [4.78, 5) is 10.5. The van der Waals surface area contributed by atoms with Crippen molar-refractivity contribution in [3.8, 4) is 10.7 Å². The minimum atomic E-state index is 0.592. The molecule has 0 amide bonds. The van der Waals surface area contributed by atoms with Crippen molar-refractivity contribution in [1.82, 2.24) is 9.97 Å². The van der Waals surface area contributed by atoms with Crippen LogP contribution in [-0.4, -0.2) is 16.0 Å². The van der Waals surface area contributed by atoms with Crippen molar-refractivity contribution >= 4 is 28.1 Å². The molecule has 0 bridgehead atoms. The average molecular weight is 267 g/mol. The number of nitrogens with zero attached hydrogens (tertiary/aromatic N) is 2. The summed E-state index contributed by atoms with van der Waals surface area (Å²) in [6.45, 7) is 0. The molecule has 4 heteroatoms. The zero-order chi connectivity index (χ0) is 12.7. The lowest BCUT2D eigenvalue weighted by atomic mass is 10.2. The standard InChI is InChI=1S/C15H13N3S/c1-2-5-12-11(4-1)14(16-10-7-8-10)18-15(17-12)13-6-3-9-19-13/h1-6,9-10H,7-8H2,(H,16,17,18). The number of para-hydroxylation sites is 1. The van der Waals surface area contributed by atoms with Crippen LogP contribution in [0, 0.1) is 0 Å². The minimum Gasteiger partial charge on any atom is -0.367 e. The molecule has 0 spiro atoms. The molecule has 3 nitrogen and oxygen atoms in total. The number of nitrogens with one attached hydrogen (secondary N) is 1. The molecule has 2 aromatic heterocycles. The first kappa shape index (κ1) is 10.9. The topological polar surface area (TPSA) is 37.8 Å². The summed E-state index contributed by atoms with van der Waals surface area (Å²) in [7, 11) is 0. The third-order valence-electron chi connectivity index (χ3n) is 3.26. The molecule has 1 fully saturated rings. The molecule has 4 rings (SSSR count). The van der Waals surface area contributed by atoms with Gasteiger partial charge in [-0.25, -0.2) is 9.97 Å². The van der Waals surface area contributed by atoms with E-state index in [2.05, 4.69) is 27.8 Å². The highest BCUT2D eigenvalue weighted by Gasteiger charge is 2.22. The largest absolute Gasteiger partial charge is 0.367 e. The highest BCUT2D eigenvalue weighted by molar-refractivity contribution is 7.13. The number of benzene rings is 1. The van der Waals surface area contributed by atoms with Crippen LogP contribution in [0.3, 0.4) is 0 Å². The van der Waals surface area contributed by atoms with Crippen LogP contribution in [0.5, 0.6) is 0 Å². The van der Waals surface area contributed by atoms with E-state index >= 15 is 0 Å². The van der Waals surface area contributed by atoms with Crippen LogP contribution in [0.2, 0.25) is 0 Å². The van der Waals surface area contributed by atoms with E-state index in [0.29, 0.717) is 6.04 Å². The number of fused-ring (bicyclic) bond motifs is 1. The van der Waals surface area contributed by atoms with Gasteiger partial charge in [0.05, 0.1) is 10.4 Å². The predicted octanol–water partition coefficient (Wildman–Crippen LogP) is 3.93. The maximum Gasteiger partial charge on any atom is 0.172 e. The molecule has 0 atom stereocenters. The highest BCUT2D eigenvalue weighted by atomic mass is 32.1. The van der Waals surface area contributed by atoms with Gasteiger partial charge in [0, 0.05) is 11.4 Å². The molecule has 0 radical (unpaired) electrons. The van der Waals surface area contributed by atoms with E-state index in [1.165, 1.54) is 12.8 Å². The Morgan fingerprint density at radius 3 is 2.74 bits per heavy atom. The molecule has 1 aliphatic carbocycles. The summed E-state index contributed by atoms with van der Waals surface area (Å²) in [5.41, 5.74) is 1.00. The lowest BCUT2D eigenvalue weighted by molar-refractivity contribution is 1.11. The van der Waals surface area contributed by atoms with Crippen molar-refractivity contribution in [2.75, 3.05) is 5.32 Å². The van der Waals surface area contributed by atoms with Crippen molar-refractivity contribution in [3.05, 3.63) is 41.8 Å². The molecule has 0 saturated heterocycles. The Hall–Kier alpha value is -1.94. The summed E-state index contributed by atoms with van der Waals surface area (Å²) in [6, 6.07) is 12.9. The quantitative estimate of drug-likeness (QED) is 0.781. The maximum absolute atomic E-state index is 4.71. The number of thiophene rings is 1. The zero-order valence-corrected chi connectivity index (χ0v) is 11.2. The molecule has 1 aromatic carbocycles. The third kappa shape index (κ3) is 2.08. The molecule has 94 valence electrons. The summed E-state index contributed by atoms with van der Waals surface area (Å²) in [5.74, 6) is 1.79. The van der Waals surface area contributed by atoms with Gasteiger partial charge in [-0.2, -0.15) is 0 Å². The lowest BCUT2D eigenvalue weighted by Gasteiger charge is -2.09. The van der Waals surface area contributed by atoms with Gasteiger partial charge in [0.25, 0.3) is 0 Å². The molecule has 0 aliphatic heterocycles. The summed E-state index contributed by atoms with van der Waals surface area (Å²) < 4.78 is 0. The SMILES string of the molecule is c1csc(-c2nc(NC3CC3)c3ccccc3n2)c1. The van der Waals surface area contributed by atoms with Gasteiger partial charge in [0.15, 0.2) is 5.82 Å². The Morgan fingerprint density at radius 2 is 1.95 bits per heavy atom. The number of hydrogen-bond acceptors (Lipinski definition) is 4. The second-order valence-corrected chi connectivity index (χ2v) is 5.76. The maximum atomic E-state index is 4.71. The molecule has 1 aliphatic rings. The number of anilines is 1. The second kappa shape index (κ2) is 4.31. The fraction of sp³-hybridized carbons (Fsp3) is 0.200. The van der Waals surface area contributed by atoms with Crippen LogP contribution >= 0.6 is 11.3 Å². The molecular weight excluding hydrogens is 254 g/mol. The normalized spacial score (nSPS) is 14.7. The number of aromatic nitrogens is 2. The second-order valence-electron chi connectivity index (χ2n) is 4.81. The van der Waals surface area contributed by atoms with E-state index in [1.807, 2.05) is 24.3 Å².